The van der Waals surface area contributed by atoms with Gasteiger partial charge in [-0.05, 0) is 13.0 Å². The first-order chi connectivity index (χ1) is 10.7. The minimum atomic E-state index is 0.833. The fourth-order valence-electron chi connectivity index (χ4n) is 2.64. The van der Waals surface area contributed by atoms with Gasteiger partial charge in [0.05, 0.1) is 17.1 Å². The topological polar surface area (TPSA) is 45.8 Å². The van der Waals surface area contributed by atoms with Gasteiger partial charge in [0.2, 0.25) is 0 Å². The van der Waals surface area contributed by atoms with Crippen molar-refractivity contribution in [3.8, 4) is 11.3 Å². The molecule has 1 aromatic carbocycles. The molecule has 108 valence electrons. The van der Waals surface area contributed by atoms with Crippen molar-refractivity contribution in [1.29, 1.82) is 0 Å². The van der Waals surface area contributed by atoms with Gasteiger partial charge >= 0.3 is 0 Å². The van der Waals surface area contributed by atoms with Crippen LogP contribution in [0.1, 0.15) is 18.2 Å². The largest absolute Gasteiger partial charge is 0.276 e. The van der Waals surface area contributed by atoms with Crippen molar-refractivity contribution in [2.45, 2.75) is 6.92 Å². The normalized spacial score (nSPS) is 13.9. The van der Waals surface area contributed by atoms with Crippen LogP contribution in [-0.4, -0.2) is 32.4 Å². The number of nitrogens with zero attached hydrogens (tertiary/aromatic N) is 5. The molecule has 3 heterocycles. The summed E-state index contributed by atoms with van der Waals surface area (Å²) < 4.78 is 1.88. The van der Waals surface area contributed by atoms with Crippen LogP contribution in [0.25, 0.3) is 23.0 Å². The van der Waals surface area contributed by atoms with Crippen LogP contribution in [-0.2, 0) is 0 Å². The molecule has 1 aliphatic rings. The van der Waals surface area contributed by atoms with Crippen molar-refractivity contribution < 1.29 is 0 Å². The molecule has 5 nitrogen and oxygen atoms in total. The van der Waals surface area contributed by atoms with Crippen LogP contribution < -0.4 is 0 Å². The lowest BCUT2D eigenvalue weighted by Gasteiger charge is -2.06. The monoisotopic (exact) mass is 289 g/mol. The summed E-state index contributed by atoms with van der Waals surface area (Å²) in [6.45, 7) is 1.98. The van der Waals surface area contributed by atoms with Gasteiger partial charge in [0.15, 0.2) is 5.65 Å². The third-order valence-electron chi connectivity index (χ3n) is 3.74. The van der Waals surface area contributed by atoms with Gasteiger partial charge in [0.1, 0.15) is 0 Å². The molecular formula is C17H15N5. The number of hydrogen-bond acceptors (Lipinski definition) is 4. The Labute approximate surface area is 128 Å². The lowest BCUT2D eigenvalue weighted by molar-refractivity contribution is 0.494. The van der Waals surface area contributed by atoms with Crippen LogP contribution >= 0.6 is 0 Å². The number of benzene rings is 1. The van der Waals surface area contributed by atoms with Gasteiger partial charge in [0.25, 0.3) is 0 Å². The summed E-state index contributed by atoms with van der Waals surface area (Å²) in [4.78, 5) is 4.52. The molecule has 4 rings (SSSR count). The predicted octanol–water partition coefficient (Wildman–Crippen LogP) is 3.04. The summed E-state index contributed by atoms with van der Waals surface area (Å²) in [5, 5.41) is 11.0. The standard InChI is InChI=1S/C17H15N5/c1-12-14-11-18-17-10-15(13-6-4-3-5-7-13)20-22(17)16(14)8-9-21(2)19-12/h3-11H,1-2H3. The zero-order valence-electron chi connectivity index (χ0n) is 12.4. The van der Waals surface area contributed by atoms with E-state index in [1.54, 1.807) is 5.01 Å². The van der Waals surface area contributed by atoms with E-state index in [-0.39, 0.29) is 0 Å². The Morgan fingerprint density at radius 2 is 1.91 bits per heavy atom. The molecule has 3 aromatic rings. The summed E-state index contributed by atoms with van der Waals surface area (Å²) in [7, 11) is 1.91. The summed E-state index contributed by atoms with van der Waals surface area (Å²) in [5.74, 6) is 0. The Balaban J connectivity index is 1.96. The van der Waals surface area contributed by atoms with E-state index in [0.717, 1.165) is 33.9 Å². The molecule has 0 bridgehead atoms. The maximum Gasteiger partial charge on any atom is 0.156 e. The molecule has 0 saturated carbocycles. The van der Waals surface area contributed by atoms with Gasteiger partial charge in [-0.15, -0.1) is 0 Å². The molecule has 2 aromatic heterocycles. The van der Waals surface area contributed by atoms with Gasteiger partial charge in [0, 0.05) is 36.6 Å². The summed E-state index contributed by atoms with van der Waals surface area (Å²) in [6, 6.07) is 12.1. The van der Waals surface area contributed by atoms with Crippen molar-refractivity contribution in [3.63, 3.8) is 0 Å². The molecule has 0 aliphatic carbocycles. The Bertz CT molecular complexity index is 905. The Morgan fingerprint density at radius 3 is 2.73 bits per heavy atom. The lowest BCUT2D eigenvalue weighted by atomic mass is 10.1. The number of fused-ring (bicyclic) bond motifs is 3. The molecule has 0 radical (unpaired) electrons. The molecule has 5 heteroatoms. The first-order valence-electron chi connectivity index (χ1n) is 7.13. The van der Waals surface area contributed by atoms with Gasteiger partial charge in [-0.25, -0.2) is 9.50 Å². The quantitative estimate of drug-likeness (QED) is 0.691. The van der Waals surface area contributed by atoms with Gasteiger partial charge in [-0.3, -0.25) is 5.01 Å². The number of hydrazone groups is 1. The third kappa shape index (κ3) is 1.98. The van der Waals surface area contributed by atoms with Crippen molar-refractivity contribution in [2.24, 2.45) is 5.10 Å². The molecule has 22 heavy (non-hydrogen) atoms. The van der Waals surface area contributed by atoms with E-state index in [1.807, 2.05) is 61.2 Å². The summed E-state index contributed by atoms with van der Waals surface area (Å²) >= 11 is 0. The number of rotatable bonds is 1. The summed E-state index contributed by atoms with van der Waals surface area (Å²) in [5.41, 5.74) is 5.76. The molecule has 0 N–H and O–H groups in total. The molecule has 0 saturated heterocycles. The molecule has 1 aliphatic heterocycles. The SMILES string of the molecule is CC1=NN(C)C=Cc2c1cnc1cc(-c3ccccc3)nn21. The maximum absolute atomic E-state index is 4.73. The summed E-state index contributed by atoms with van der Waals surface area (Å²) in [6.07, 6.45) is 5.81. The highest BCUT2D eigenvalue weighted by Gasteiger charge is 2.15. The average molecular weight is 289 g/mol. The zero-order chi connectivity index (χ0) is 15.1. The highest BCUT2D eigenvalue weighted by Crippen LogP contribution is 2.22. The lowest BCUT2D eigenvalue weighted by Crippen LogP contribution is -2.07. The Hall–Kier alpha value is -2.95. The highest BCUT2D eigenvalue weighted by atomic mass is 15.4. The molecule has 0 amide bonds. The van der Waals surface area contributed by atoms with Gasteiger partial charge < -0.3 is 0 Å². The molecule has 0 atom stereocenters. The first kappa shape index (κ1) is 12.8. The van der Waals surface area contributed by atoms with Crippen molar-refractivity contribution in [1.82, 2.24) is 19.6 Å². The van der Waals surface area contributed by atoms with Crippen molar-refractivity contribution in [3.05, 3.63) is 60.1 Å². The van der Waals surface area contributed by atoms with E-state index in [1.165, 1.54) is 0 Å². The van der Waals surface area contributed by atoms with Crippen molar-refractivity contribution in [2.75, 3.05) is 7.05 Å². The van der Waals surface area contributed by atoms with Crippen LogP contribution in [0.15, 0.2) is 53.9 Å². The fourth-order valence-corrected chi connectivity index (χ4v) is 2.64. The smallest absolute Gasteiger partial charge is 0.156 e. The van der Waals surface area contributed by atoms with E-state index < -0.39 is 0 Å². The van der Waals surface area contributed by atoms with E-state index in [0.29, 0.717) is 0 Å². The van der Waals surface area contributed by atoms with Gasteiger partial charge in [-0.2, -0.15) is 10.2 Å². The number of hydrogen-bond donors (Lipinski definition) is 0. The molecular weight excluding hydrogens is 274 g/mol. The molecule has 0 fully saturated rings. The second-order valence-electron chi connectivity index (χ2n) is 5.30. The van der Waals surface area contributed by atoms with Crippen LogP contribution in [0, 0.1) is 0 Å². The molecule has 0 unspecified atom stereocenters. The van der Waals surface area contributed by atoms with Crippen LogP contribution in [0.5, 0.6) is 0 Å². The highest BCUT2D eigenvalue weighted by molar-refractivity contribution is 6.01. The maximum atomic E-state index is 4.73. The van der Waals surface area contributed by atoms with Crippen LogP contribution in [0.2, 0.25) is 0 Å². The minimum Gasteiger partial charge on any atom is -0.276 e. The second kappa shape index (κ2) is 4.80. The number of aromatic nitrogens is 3. The van der Waals surface area contributed by atoms with Crippen LogP contribution in [0.3, 0.4) is 0 Å². The second-order valence-corrected chi connectivity index (χ2v) is 5.30. The fraction of sp³-hybridized carbons (Fsp3) is 0.118. The van der Waals surface area contributed by atoms with E-state index in [4.69, 9.17) is 5.10 Å². The average Bonchev–Trinajstić information content (AvgIpc) is 2.91. The van der Waals surface area contributed by atoms with E-state index in [9.17, 15) is 0 Å². The van der Waals surface area contributed by atoms with Gasteiger partial charge in [-0.1, -0.05) is 30.3 Å². The third-order valence-corrected chi connectivity index (χ3v) is 3.74. The van der Waals surface area contributed by atoms with E-state index >= 15 is 0 Å². The predicted molar refractivity (Wildman–Crippen MR) is 87.4 cm³/mol. The van der Waals surface area contributed by atoms with E-state index in [2.05, 4.69) is 22.2 Å². The molecule has 0 spiro atoms. The first-order valence-corrected chi connectivity index (χ1v) is 7.13. The Kier molecular flexibility index (Phi) is 2.79. The Morgan fingerprint density at radius 1 is 1.09 bits per heavy atom. The van der Waals surface area contributed by atoms with Crippen molar-refractivity contribution >= 4 is 17.4 Å². The minimum absolute atomic E-state index is 0.833. The van der Waals surface area contributed by atoms with Crippen LogP contribution in [0.4, 0.5) is 0 Å². The zero-order valence-corrected chi connectivity index (χ0v) is 12.4.